The van der Waals surface area contributed by atoms with Gasteiger partial charge in [-0.3, -0.25) is 4.79 Å². The number of benzene rings is 1. The maximum absolute atomic E-state index is 12.3. The molecule has 0 atom stereocenters. The average Bonchev–Trinajstić information content (AvgIpc) is 2.94. The van der Waals surface area contributed by atoms with Crippen LogP contribution >= 0.6 is 0 Å². The lowest BCUT2D eigenvalue weighted by molar-refractivity contribution is -0.116. The van der Waals surface area contributed by atoms with E-state index in [4.69, 9.17) is 0 Å². The third kappa shape index (κ3) is 4.27. The number of nitrogens with one attached hydrogen (secondary N) is 1. The molecule has 3 aromatic rings. The van der Waals surface area contributed by atoms with Crippen LogP contribution in [0.3, 0.4) is 0 Å². The van der Waals surface area contributed by atoms with E-state index in [9.17, 15) is 4.79 Å². The quantitative estimate of drug-likeness (QED) is 0.688. The third-order valence-corrected chi connectivity index (χ3v) is 4.47. The number of carbonyl (C=O) groups excluding carboxylic acids is 1. The summed E-state index contributed by atoms with van der Waals surface area (Å²) in [5, 5.41) is 2.99. The van der Waals surface area contributed by atoms with Crippen molar-refractivity contribution in [2.24, 2.45) is 0 Å². The summed E-state index contributed by atoms with van der Waals surface area (Å²) in [5.41, 5.74) is 5.19. The highest BCUT2D eigenvalue weighted by Crippen LogP contribution is 2.15. The molecule has 0 aliphatic carbocycles. The molecule has 0 bridgehead atoms. The fourth-order valence-corrected chi connectivity index (χ4v) is 3.06. The van der Waals surface area contributed by atoms with Crippen LogP contribution in [0.4, 0.5) is 5.69 Å². The van der Waals surface area contributed by atoms with Gasteiger partial charge in [0.15, 0.2) is 0 Å². The molecule has 1 N–H and O–H groups in total. The van der Waals surface area contributed by atoms with Crippen LogP contribution in [-0.4, -0.2) is 15.3 Å². The Kier molecular flexibility index (Phi) is 5.49. The number of nitrogens with zero attached hydrogens (tertiary/aromatic N) is 2. The first-order valence-electron chi connectivity index (χ1n) is 8.98. The van der Waals surface area contributed by atoms with Crippen molar-refractivity contribution in [2.75, 3.05) is 5.32 Å². The zero-order chi connectivity index (χ0) is 17.6. The zero-order valence-corrected chi connectivity index (χ0v) is 15.0. The van der Waals surface area contributed by atoms with E-state index in [0.717, 1.165) is 29.1 Å². The number of pyridine rings is 1. The standard InChI is InChI=1S/C21H25N3O/c1-3-4-7-17-9-11-18(12-10-17)23-21(25)14-13-19-16(2)22-20-8-5-6-15-24(19)20/h5-6,8-12,15H,3-4,7,13-14H2,1-2H3,(H,23,25). The van der Waals surface area contributed by atoms with Crippen LogP contribution in [0.15, 0.2) is 48.7 Å². The summed E-state index contributed by atoms with van der Waals surface area (Å²) in [6.07, 6.45) is 6.61. The molecular formula is C21H25N3O. The van der Waals surface area contributed by atoms with Crippen molar-refractivity contribution in [3.05, 3.63) is 65.6 Å². The first-order chi connectivity index (χ1) is 12.2. The van der Waals surface area contributed by atoms with Gasteiger partial charge in [-0.15, -0.1) is 0 Å². The van der Waals surface area contributed by atoms with Gasteiger partial charge in [0.05, 0.1) is 5.69 Å². The highest BCUT2D eigenvalue weighted by molar-refractivity contribution is 5.90. The van der Waals surface area contributed by atoms with E-state index < -0.39 is 0 Å². The van der Waals surface area contributed by atoms with Gasteiger partial charge in [-0.2, -0.15) is 0 Å². The number of amides is 1. The third-order valence-electron chi connectivity index (χ3n) is 4.47. The number of imidazole rings is 1. The molecule has 0 spiro atoms. The number of hydrogen-bond donors (Lipinski definition) is 1. The predicted molar refractivity (Wildman–Crippen MR) is 102 cm³/mol. The first-order valence-corrected chi connectivity index (χ1v) is 8.98. The lowest BCUT2D eigenvalue weighted by Gasteiger charge is -2.07. The van der Waals surface area contributed by atoms with Crippen LogP contribution in [0.5, 0.6) is 0 Å². The highest BCUT2D eigenvalue weighted by Gasteiger charge is 2.10. The van der Waals surface area contributed by atoms with Crippen molar-refractivity contribution in [1.82, 2.24) is 9.38 Å². The SMILES string of the molecule is CCCCc1ccc(NC(=O)CCc2c(C)nc3ccccn23)cc1. The fourth-order valence-electron chi connectivity index (χ4n) is 3.06. The normalized spacial score (nSPS) is 11.0. The molecule has 4 heteroatoms. The number of fused-ring (bicyclic) bond motifs is 1. The molecule has 2 heterocycles. The Bertz CT molecular complexity index is 849. The summed E-state index contributed by atoms with van der Waals surface area (Å²) in [6, 6.07) is 14.1. The van der Waals surface area contributed by atoms with Crippen LogP contribution < -0.4 is 5.32 Å². The Hall–Kier alpha value is -2.62. The largest absolute Gasteiger partial charge is 0.326 e. The Balaban J connectivity index is 1.58. The molecule has 0 fully saturated rings. The van der Waals surface area contributed by atoms with Gasteiger partial charge in [-0.1, -0.05) is 31.5 Å². The van der Waals surface area contributed by atoms with Crippen LogP contribution in [0.25, 0.3) is 5.65 Å². The summed E-state index contributed by atoms with van der Waals surface area (Å²) >= 11 is 0. The highest BCUT2D eigenvalue weighted by atomic mass is 16.1. The van der Waals surface area contributed by atoms with E-state index in [1.165, 1.54) is 18.4 Å². The van der Waals surface area contributed by atoms with Crippen molar-refractivity contribution in [2.45, 2.75) is 46.0 Å². The van der Waals surface area contributed by atoms with E-state index >= 15 is 0 Å². The van der Waals surface area contributed by atoms with Crippen LogP contribution in [0, 0.1) is 6.92 Å². The second kappa shape index (κ2) is 7.97. The Morgan fingerprint density at radius 3 is 2.68 bits per heavy atom. The van der Waals surface area contributed by atoms with Gasteiger partial charge < -0.3 is 9.72 Å². The topological polar surface area (TPSA) is 46.4 Å². The molecule has 4 nitrogen and oxygen atoms in total. The van der Waals surface area contributed by atoms with Crippen LogP contribution in [-0.2, 0) is 17.6 Å². The molecule has 0 aliphatic heterocycles. The molecule has 1 amide bonds. The number of rotatable bonds is 7. The van der Waals surface area contributed by atoms with E-state index in [1.54, 1.807) is 0 Å². The molecule has 0 unspecified atom stereocenters. The van der Waals surface area contributed by atoms with E-state index in [-0.39, 0.29) is 5.91 Å². The molecule has 25 heavy (non-hydrogen) atoms. The lowest BCUT2D eigenvalue weighted by Crippen LogP contribution is -2.13. The molecule has 0 radical (unpaired) electrons. The van der Waals surface area contributed by atoms with Gasteiger partial charge in [-0.05, 0) is 56.0 Å². The van der Waals surface area contributed by atoms with Crippen LogP contribution in [0.2, 0.25) is 0 Å². The zero-order valence-electron chi connectivity index (χ0n) is 15.0. The predicted octanol–water partition coefficient (Wildman–Crippen LogP) is 4.56. The summed E-state index contributed by atoms with van der Waals surface area (Å²) in [5.74, 6) is 0.0339. The maximum atomic E-state index is 12.3. The number of unbranched alkanes of at least 4 members (excludes halogenated alkanes) is 1. The van der Waals surface area contributed by atoms with E-state index in [2.05, 4.69) is 33.8 Å². The molecule has 0 saturated carbocycles. The van der Waals surface area contributed by atoms with Gasteiger partial charge in [-0.25, -0.2) is 4.98 Å². The molecular weight excluding hydrogens is 310 g/mol. The molecule has 0 aliphatic rings. The number of hydrogen-bond acceptors (Lipinski definition) is 2. The average molecular weight is 335 g/mol. The number of anilines is 1. The molecule has 130 valence electrons. The number of aromatic nitrogens is 2. The van der Waals surface area contributed by atoms with Crippen molar-refractivity contribution >= 4 is 17.2 Å². The maximum Gasteiger partial charge on any atom is 0.224 e. The Morgan fingerprint density at radius 2 is 1.92 bits per heavy atom. The smallest absolute Gasteiger partial charge is 0.224 e. The minimum atomic E-state index is 0.0339. The van der Waals surface area contributed by atoms with Gasteiger partial charge in [0.1, 0.15) is 5.65 Å². The molecule has 1 aromatic carbocycles. The second-order valence-corrected chi connectivity index (χ2v) is 6.42. The monoisotopic (exact) mass is 335 g/mol. The number of aryl methyl sites for hydroxylation is 3. The van der Waals surface area contributed by atoms with Crippen molar-refractivity contribution < 1.29 is 4.79 Å². The minimum Gasteiger partial charge on any atom is -0.326 e. The first kappa shape index (κ1) is 17.2. The van der Waals surface area contributed by atoms with E-state index in [1.807, 2.05) is 43.5 Å². The van der Waals surface area contributed by atoms with Gasteiger partial charge in [0.25, 0.3) is 0 Å². The summed E-state index contributed by atoms with van der Waals surface area (Å²) in [7, 11) is 0. The lowest BCUT2D eigenvalue weighted by atomic mass is 10.1. The van der Waals surface area contributed by atoms with Crippen molar-refractivity contribution in [3.8, 4) is 0 Å². The summed E-state index contributed by atoms with van der Waals surface area (Å²) in [6.45, 7) is 4.19. The molecule has 0 saturated heterocycles. The second-order valence-electron chi connectivity index (χ2n) is 6.42. The van der Waals surface area contributed by atoms with Gasteiger partial charge in [0.2, 0.25) is 5.91 Å². The van der Waals surface area contributed by atoms with Crippen molar-refractivity contribution in [1.29, 1.82) is 0 Å². The van der Waals surface area contributed by atoms with Gasteiger partial charge >= 0.3 is 0 Å². The molecule has 2 aromatic heterocycles. The van der Waals surface area contributed by atoms with E-state index in [0.29, 0.717) is 12.8 Å². The molecule has 3 rings (SSSR count). The number of carbonyl (C=O) groups is 1. The van der Waals surface area contributed by atoms with Crippen molar-refractivity contribution in [3.63, 3.8) is 0 Å². The van der Waals surface area contributed by atoms with Gasteiger partial charge in [0, 0.05) is 24.0 Å². The Morgan fingerprint density at radius 1 is 1.12 bits per heavy atom. The van der Waals surface area contributed by atoms with Crippen LogP contribution in [0.1, 0.15) is 43.1 Å². The fraction of sp³-hybridized carbons (Fsp3) is 0.333. The summed E-state index contributed by atoms with van der Waals surface area (Å²) < 4.78 is 2.06. The minimum absolute atomic E-state index is 0.0339. The Labute approximate surface area is 148 Å². The summed E-state index contributed by atoms with van der Waals surface area (Å²) in [4.78, 5) is 16.8.